The molecule has 110 valence electrons. The van der Waals surface area contributed by atoms with Gasteiger partial charge in [-0.3, -0.25) is 9.69 Å². The van der Waals surface area contributed by atoms with Crippen molar-refractivity contribution < 1.29 is 4.79 Å². The van der Waals surface area contributed by atoms with Crippen LogP contribution in [-0.4, -0.2) is 55.0 Å². The van der Waals surface area contributed by atoms with E-state index in [4.69, 9.17) is 5.73 Å². The molecule has 0 aromatic heterocycles. The number of carbonyl (C=O) groups is 1. The van der Waals surface area contributed by atoms with Crippen LogP contribution < -0.4 is 11.1 Å². The lowest BCUT2D eigenvalue weighted by Gasteiger charge is -2.26. The normalized spacial score (nSPS) is 19.3. The summed E-state index contributed by atoms with van der Waals surface area (Å²) in [6.45, 7) is 5.97. The Bertz CT molecular complexity index is 463. The zero-order valence-electron chi connectivity index (χ0n) is 12.3. The Morgan fingerprint density at radius 1 is 1.30 bits per heavy atom. The van der Waals surface area contributed by atoms with E-state index in [0.717, 1.165) is 38.3 Å². The lowest BCUT2D eigenvalue weighted by atomic mass is 10.2. The van der Waals surface area contributed by atoms with Gasteiger partial charge in [0.1, 0.15) is 0 Å². The number of likely N-dealkylation sites (N-methyl/N-ethyl adjacent to an activating group) is 1. The summed E-state index contributed by atoms with van der Waals surface area (Å²) in [7, 11) is 2.13. The van der Waals surface area contributed by atoms with Gasteiger partial charge in [0.15, 0.2) is 0 Å². The summed E-state index contributed by atoms with van der Waals surface area (Å²) in [6, 6.07) is 7.17. The largest absolute Gasteiger partial charge is 0.399 e. The van der Waals surface area contributed by atoms with Gasteiger partial charge in [0, 0.05) is 31.0 Å². The average Bonchev–Trinajstić information content (AvgIpc) is 2.62. The maximum atomic E-state index is 12.3. The van der Waals surface area contributed by atoms with Crippen LogP contribution in [0.1, 0.15) is 13.3 Å². The SMILES string of the molecule is CC(C(=O)Nc1cccc(N)c1)N1CCCN(C)CC1. The van der Waals surface area contributed by atoms with Gasteiger partial charge < -0.3 is 16.0 Å². The summed E-state index contributed by atoms with van der Waals surface area (Å²) < 4.78 is 0. The third-order valence-electron chi connectivity index (χ3n) is 3.84. The molecule has 0 radical (unpaired) electrons. The first-order chi connectivity index (χ1) is 9.56. The van der Waals surface area contributed by atoms with Crippen molar-refractivity contribution >= 4 is 17.3 Å². The molecule has 2 rings (SSSR count). The first-order valence-corrected chi connectivity index (χ1v) is 7.15. The highest BCUT2D eigenvalue weighted by molar-refractivity contribution is 5.94. The second kappa shape index (κ2) is 6.72. The molecule has 0 aliphatic carbocycles. The number of hydrogen-bond acceptors (Lipinski definition) is 4. The summed E-state index contributed by atoms with van der Waals surface area (Å²) in [5, 5.41) is 2.94. The van der Waals surface area contributed by atoms with Gasteiger partial charge in [-0.15, -0.1) is 0 Å². The highest BCUT2D eigenvalue weighted by Gasteiger charge is 2.23. The molecule has 5 nitrogen and oxygen atoms in total. The molecule has 1 aliphatic rings. The average molecular weight is 276 g/mol. The van der Waals surface area contributed by atoms with E-state index in [1.54, 1.807) is 6.07 Å². The topological polar surface area (TPSA) is 61.6 Å². The van der Waals surface area contributed by atoms with E-state index in [9.17, 15) is 4.79 Å². The molecule has 0 bridgehead atoms. The molecular weight excluding hydrogens is 252 g/mol. The van der Waals surface area contributed by atoms with Gasteiger partial charge >= 0.3 is 0 Å². The van der Waals surface area contributed by atoms with Crippen molar-refractivity contribution in [2.24, 2.45) is 0 Å². The minimum atomic E-state index is -0.122. The monoisotopic (exact) mass is 276 g/mol. The second-order valence-electron chi connectivity index (χ2n) is 5.48. The predicted octanol–water partition coefficient (Wildman–Crippen LogP) is 1.23. The number of rotatable bonds is 3. The predicted molar refractivity (Wildman–Crippen MR) is 82.6 cm³/mol. The molecule has 1 fully saturated rings. The third-order valence-corrected chi connectivity index (χ3v) is 3.84. The van der Waals surface area contributed by atoms with Gasteiger partial charge in [0.25, 0.3) is 0 Å². The summed E-state index contributed by atoms with van der Waals surface area (Å²) in [5.41, 5.74) is 7.14. The fraction of sp³-hybridized carbons (Fsp3) is 0.533. The fourth-order valence-corrected chi connectivity index (χ4v) is 2.48. The molecule has 1 saturated heterocycles. The minimum Gasteiger partial charge on any atom is -0.399 e. The molecule has 1 amide bonds. The number of benzene rings is 1. The first kappa shape index (κ1) is 14.8. The van der Waals surface area contributed by atoms with Gasteiger partial charge in [-0.25, -0.2) is 0 Å². The maximum absolute atomic E-state index is 12.3. The van der Waals surface area contributed by atoms with Crippen LogP contribution in [0.2, 0.25) is 0 Å². The third kappa shape index (κ3) is 3.95. The zero-order valence-corrected chi connectivity index (χ0v) is 12.3. The van der Waals surface area contributed by atoms with Gasteiger partial charge in [0.2, 0.25) is 5.91 Å². The van der Waals surface area contributed by atoms with Gasteiger partial charge in [-0.2, -0.15) is 0 Å². The fourth-order valence-electron chi connectivity index (χ4n) is 2.48. The number of nitrogen functional groups attached to an aromatic ring is 1. The molecule has 1 aromatic carbocycles. The van der Waals surface area contributed by atoms with E-state index >= 15 is 0 Å². The molecule has 1 unspecified atom stereocenters. The van der Waals surface area contributed by atoms with Crippen molar-refractivity contribution in [2.45, 2.75) is 19.4 Å². The highest BCUT2D eigenvalue weighted by Crippen LogP contribution is 2.13. The van der Waals surface area contributed by atoms with Crippen molar-refractivity contribution in [3.05, 3.63) is 24.3 Å². The van der Waals surface area contributed by atoms with E-state index in [1.165, 1.54) is 0 Å². The van der Waals surface area contributed by atoms with Crippen molar-refractivity contribution in [1.82, 2.24) is 9.80 Å². The van der Waals surface area contributed by atoms with E-state index in [2.05, 4.69) is 22.2 Å². The quantitative estimate of drug-likeness (QED) is 0.815. The Hall–Kier alpha value is -1.59. The molecule has 0 spiro atoms. The second-order valence-corrected chi connectivity index (χ2v) is 5.48. The van der Waals surface area contributed by atoms with Crippen molar-refractivity contribution in [3.63, 3.8) is 0 Å². The standard InChI is InChI=1S/C15H24N4O/c1-12(19-8-4-7-18(2)9-10-19)15(20)17-14-6-3-5-13(16)11-14/h3,5-6,11-12H,4,7-10,16H2,1-2H3,(H,17,20). The lowest BCUT2D eigenvalue weighted by Crippen LogP contribution is -2.43. The molecule has 5 heteroatoms. The van der Waals surface area contributed by atoms with E-state index < -0.39 is 0 Å². The van der Waals surface area contributed by atoms with Crippen molar-refractivity contribution in [1.29, 1.82) is 0 Å². The molecule has 1 atom stereocenters. The number of amides is 1. The number of nitrogens with one attached hydrogen (secondary N) is 1. The van der Waals surface area contributed by atoms with Crippen LogP contribution in [-0.2, 0) is 4.79 Å². The van der Waals surface area contributed by atoms with Crippen LogP contribution in [0.25, 0.3) is 0 Å². The Labute approximate surface area is 120 Å². The number of carbonyl (C=O) groups excluding carboxylic acids is 1. The Morgan fingerprint density at radius 3 is 2.85 bits per heavy atom. The minimum absolute atomic E-state index is 0.0279. The molecule has 3 N–H and O–H groups in total. The summed E-state index contributed by atoms with van der Waals surface area (Å²) in [5.74, 6) is 0.0279. The van der Waals surface area contributed by atoms with Crippen LogP contribution in [0, 0.1) is 0 Å². The Morgan fingerprint density at radius 2 is 2.10 bits per heavy atom. The Kier molecular flexibility index (Phi) is 4.98. The van der Waals surface area contributed by atoms with Gasteiger partial charge in [0.05, 0.1) is 6.04 Å². The molecule has 1 aromatic rings. The lowest BCUT2D eigenvalue weighted by molar-refractivity contribution is -0.120. The summed E-state index contributed by atoms with van der Waals surface area (Å²) in [4.78, 5) is 16.9. The molecule has 1 heterocycles. The Balaban J connectivity index is 1.94. The summed E-state index contributed by atoms with van der Waals surface area (Å²) in [6.07, 6.45) is 1.10. The van der Waals surface area contributed by atoms with Gasteiger partial charge in [-0.1, -0.05) is 6.07 Å². The summed E-state index contributed by atoms with van der Waals surface area (Å²) >= 11 is 0. The molecule has 0 saturated carbocycles. The van der Waals surface area contributed by atoms with E-state index in [-0.39, 0.29) is 11.9 Å². The number of nitrogens with two attached hydrogens (primary N) is 1. The van der Waals surface area contributed by atoms with Crippen LogP contribution in [0.5, 0.6) is 0 Å². The van der Waals surface area contributed by atoms with E-state index in [0.29, 0.717) is 5.69 Å². The van der Waals surface area contributed by atoms with Crippen LogP contribution >= 0.6 is 0 Å². The first-order valence-electron chi connectivity index (χ1n) is 7.15. The zero-order chi connectivity index (χ0) is 14.5. The maximum Gasteiger partial charge on any atom is 0.241 e. The van der Waals surface area contributed by atoms with Crippen molar-refractivity contribution in [2.75, 3.05) is 44.3 Å². The molecular formula is C15H24N4O. The van der Waals surface area contributed by atoms with E-state index in [1.807, 2.05) is 25.1 Å². The number of hydrogen-bond donors (Lipinski definition) is 2. The van der Waals surface area contributed by atoms with Crippen LogP contribution in [0.4, 0.5) is 11.4 Å². The van der Waals surface area contributed by atoms with Crippen LogP contribution in [0.15, 0.2) is 24.3 Å². The smallest absolute Gasteiger partial charge is 0.241 e. The molecule has 20 heavy (non-hydrogen) atoms. The number of anilines is 2. The highest BCUT2D eigenvalue weighted by atomic mass is 16.2. The number of nitrogens with zero attached hydrogens (tertiary/aromatic N) is 2. The van der Waals surface area contributed by atoms with Gasteiger partial charge in [-0.05, 0) is 45.1 Å². The molecule has 1 aliphatic heterocycles. The van der Waals surface area contributed by atoms with Crippen LogP contribution in [0.3, 0.4) is 0 Å². The van der Waals surface area contributed by atoms with Crippen molar-refractivity contribution in [3.8, 4) is 0 Å².